The van der Waals surface area contributed by atoms with Gasteiger partial charge in [-0.05, 0) is 40.2 Å². The third-order valence-electron chi connectivity index (χ3n) is 4.15. The highest BCUT2D eigenvalue weighted by atomic mass is 16.6. The van der Waals surface area contributed by atoms with Crippen LogP contribution in [0.15, 0.2) is 0 Å². The Morgan fingerprint density at radius 1 is 1.23 bits per heavy atom. The lowest BCUT2D eigenvalue weighted by Gasteiger charge is -2.40. The summed E-state index contributed by atoms with van der Waals surface area (Å²) in [6.07, 6.45) is -0.197. The Balaban J connectivity index is 2.36. The molecular formula is C16H34N4O2. The minimum Gasteiger partial charge on any atom is -0.444 e. The van der Waals surface area contributed by atoms with Crippen LogP contribution in [-0.2, 0) is 4.74 Å². The Bertz CT molecular complexity index is 336. The second-order valence-electron chi connectivity index (χ2n) is 7.21. The van der Waals surface area contributed by atoms with E-state index in [2.05, 4.69) is 24.1 Å². The van der Waals surface area contributed by atoms with Crippen LogP contribution in [0, 0.1) is 5.92 Å². The van der Waals surface area contributed by atoms with Gasteiger partial charge in [0.25, 0.3) is 0 Å². The van der Waals surface area contributed by atoms with E-state index in [1.165, 1.54) is 0 Å². The van der Waals surface area contributed by atoms with Crippen molar-refractivity contribution >= 4 is 6.09 Å². The summed E-state index contributed by atoms with van der Waals surface area (Å²) >= 11 is 0. The molecular weight excluding hydrogens is 280 g/mol. The van der Waals surface area contributed by atoms with Crippen molar-refractivity contribution in [2.45, 2.75) is 46.3 Å². The summed E-state index contributed by atoms with van der Waals surface area (Å²) < 4.78 is 5.43. The number of nitrogens with two attached hydrogens (primary N) is 1. The molecule has 0 saturated carbocycles. The van der Waals surface area contributed by atoms with Crippen LogP contribution < -0.4 is 11.1 Å². The monoisotopic (exact) mass is 314 g/mol. The van der Waals surface area contributed by atoms with Gasteiger partial charge in [0.1, 0.15) is 5.60 Å². The summed E-state index contributed by atoms with van der Waals surface area (Å²) in [5.74, 6) is 0.555. The molecule has 6 heteroatoms. The van der Waals surface area contributed by atoms with E-state index in [4.69, 9.17) is 10.5 Å². The zero-order valence-corrected chi connectivity index (χ0v) is 14.9. The number of carbonyl (C=O) groups excluding carboxylic acids is 1. The van der Waals surface area contributed by atoms with Gasteiger partial charge in [-0.1, -0.05) is 6.92 Å². The van der Waals surface area contributed by atoms with Crippen molar-refractivity contribution in [1.29, 1.82) is 0 Å². The third kappa shape index (κ3) is 6.50. The average Bonchev–Trinajstić information content (AvgIpc) is 2.45. The fourth-order valence-corrected chi connectivity index (χ4v) is 2.60. The van der Waals surface area contributed by atoms with Gasteiger partial charge in [-0.15, -0.1) is 0 Å². The van der Waals surface area contributed by atoms with Gasteiger partial charge in [-0.25, -0.2) is 4.79 Å². The number of carbonyl (C=O) groups is 1. The van der Waals surface area contributed by atoms with Gasteiger partial charge in [0.05, 0.1) is 0 Å². The lowest BCUT2D eigenvalue weighted by atomic mass is 10.0. The summed E-state index contributed by atoms with van der Waals surface area (Å²) in [5.41, 5.74) is 5.07. The molecule has 1 heterocycles. The van der Waals surface area contributed by atoms with E-state index in [0.717, 1.165) is 39.3 Å². The summed E-state index contributed by atoms with van der Waals surface area (Å²) in [4.78, 5) is 16.3. The average molecular weight is 314 g/mol. The van der Waals surface area contributed by atoms with Crippen LogP contribution in [0.25, 0.3) is 0 Å². The van der Waals surface area contributed by atoms with Crippen molar-refractivity contribution in [2.75, 3.05) is 45.8 Å². The van der Waals surface area contributed by atoms with Crippen LogP contribution in [0.5, 0.6) is 0 Å². The number of hydrogen-bond donors (Lipinski definition) is 2. The minimum atomic E-state index is -0.426. The quantitative estimate of drug-likeness (QED) is 0.719. The van der Waals surface area contributed by atoms with Crippen molar-refractivity contribution in [2.24, 2.45) is 11.7 Å². The molecule has 0 aromatic carbocycles. The fraction of sp³-hybridized carbons (Fsp3) is 0.938. The van der Waals surface area contributed by atoms with E-state index in [-0.39, 0.29) is 6.09 Å². The second kappa shape index (κ2) is 8.70. The van der Waals surface area contributed by atoms with Crippen LogP contribution in [0.3, 0.4) is 0 Å². The first-order valence-corrected chi connectivity index (χ1v) is 8.37. The number of nitrogens with zero attached hydrogens (tertiary/aromatic N) is 2. The summed E-state index contributed by atoms with van der Waals surface area (Å²) in [7, 11) is 0. The molecule has 3 N–H and O–H groups in total. The predicted octanol–water partition coefficient (Wildman–Crippen LogP) is 1.11. The van der Waals surface area contributed by atoms with Crippen molar-refractivity contribution in [3.8, 4) is 0 Å². The summed E-state index contributed by atoms with van der Waals surface area (Å²) in [6.45, 7) is 16.0. The molecule has 1 fully saturated rings. The largest absolute Gasteiger partial charge is 0.444 e. The lowest BCUT2D eigenvalue weighted by molar-refractivity contribution is 0.00844. The first kappa shape index (κ1) is 19.2. The maximum Gasteiger partial charge on any atom is 0.410 e. The number of hydrogen-bond acceptors (Lipinski definition) is 5. The van der Waals surface area contributed by atoms with E-state index in [0.29, 0.717) is 18.5 Å². The van der Waals surface area contributed by atoms with Crippen molar-refractivity contribution < 1.29 is 9.53 Å². The molecule has 2 unspecified atom stereocenters. The van der Waals surface area contributed by atoms with Crippen LogP contribution in [0.4, 0.5) is 4.79 Å². The molecule has 22 heavy (non-hydrogen) atoms. The van der Waals surface area contributed by atoms with Crippen LogP contribution in [-0.4, -0.2) is 73.3 Å². The molecule has 0 aromatic heterocycles. The molecule has 0 aromatic rings. The number of nitrogens with one attached hydrogen (secondary N) is 1. The molecule has 1 rings (SSSR count). The van der Waals surface area contributed by atoms with Gasteiger partial charge in [-0.2, -0.15) is 0 Å². The molecule has 0 bridgehead atoms. The molecule has 6 nitrogen and oxygen atoms in total. The molecule has 1 aliphatic heterocycles. The normalized spacial score (nSPS) is 19.8. The smallest absolute Gasteiger partial charge is 0.410 e. The summed E-state index contributed by atoms with van der Waals surface area (Å²) in [5, 5.41) is 3.37. The van der Waals surface area contributed by atoms with Gasteiger partial charge in [0.15, 0.2) is 0 Å². The maximum atomic E-state index is 12.1. The van der Waals surface area contributed by atoms with Gasteiger partial charge >= 0.3 is 6.09 Å². The Hall–Kier alpha value is -0.850. The standard InChI is InChI=1S/C16H34N4O2/c1-13(12-18-7-6-17)14(2)19-8-10-20(11-9-19)15(21)22-16(3,4)5/h13-14,18H,6-12,17H2,1-5H3. The molecule has 0 spiro atoms. The second-order valence-corrected chi connectivity index (χ2v) is 7.21. The van der Waals surface area contributed by atoms with Crippen molar-refractivity contribution in [3.05, 3.63) is 0 Å². The van der Waals surface area contributed by atoms with E-state index in [1.807, 2.05) is 25.7 Å². The summed E-state index contributed by atoms with van der Waals surface area (Å²) in [6, 6.07) is 0.492. The zero-order valence-electron chi connectivity index (χ0n) is 14.9. The Morgan fingerprint density at radius 3 is 2.32 bits per heavy atom. The highest BCUT2D eigenvalue weighted by Gasteiger charge is 2.28. The topological polar surface area (TPSA) is 70.8 Å². The highest BCUT2D eigenvalue weighted by Crippen LogP contribution is 2.16. The maximum absolute atomic E-state index is 12.1. The van der Waals surface area contributed by atoms with Crippen molar-refractivity contribution in [1.82, 2.24) is 15.1 Å². The van der Waals surface area contributed by atoms with Crippen LogP contribution in [0.1, 0.15) is 34.6 Å². The number of piperazine rings is 1. The van der Waals surface area contributed by atoms with E-state index in [1.54, 1.807) is 0 Å². The SMILES string of the molecule is CC(CNCCN)C(C)N1CCN(C(=O)OC(C)(C)C)CC1. The van der Waals surface area contributed by atoms with Gasteiger partial charge in [0.2, 0.25) is 0 Å². The van der Waals surface area contributed by atoms with Gasteiger partial charge in [0, 0.05) is 45.3 Å². The first-order chi connectivity index (χ1) is 10.2. The van der Waals surface area contributed by atoms with E-state index >= 15 is 0 Å². The Morgan fingerprint density at radius 2 is 1.82 bits per heavy atom. The van der Waals surface area contributed by atoms with E-state index < -0.39 is 5.60 Å². The fourth-order valence-electron chi connectivity index (χ4n) is 2.60. The highest BCUT2D eigenvalue weighted by molar-refractivity contribution is 5.68. The molecule has 130 valence electrons. The van der Waals surface area contributed by atoms with Crippen LogP contribution >= 0.6 is 0 Å². The minimum absolute atomic E-state index is 0.197. The molecule has 0 radical (unpaired) electrons. The third-order valence-corrected chi connectivity index (χ3v) is 4.15. The predicted molar refractivity (Wildman–Crippen MR) is 89.9 cm³/mol. The Kier molecular flexibility index (Phi) is 7.59. The molecule has 2 atom stereocenters. The number of amides is 1. The Labute approximate surface area is 135 Å². The van der Waals surface area contributed by atoms with Crippen molar-refractivity contribution in [3.63, 3.8) is 0 Å². The molecule has 1 aliphatic rings. The molecule has 1 amide bonds. The van der Waals surface area contributed by atoms with Crippen LogP contribution in [0.2, 0.25) is 0 Å². The lowest BCUT2D eigenvalue weighted by Crippen LogP contribution is -2.54. The number of rotatable bonds is 6. The van der Waals surface area contributed by atoms with Gasteiger partial charge in [-0.3, -0.25) is 4.90 Å². The number of ether oxygens (including phenoxy) is 1. The zero-order chi connectivity index (χ0) is 16.8. The molecule has 1 saturated heterocycles. The molecule has 0 aliphatic carbocycles. The van der Waals surface area contributed by atoms with E-state index in [9.17, 15) is 4.79 Å². The first-order valence-electron chi connectivity index (χ1n) is 8.37. The van der Waals surface area contributed by atoms with Gasteiger partial charge < -0.3 is 20.7 Å².